The van der Waals surface area contributed by atoms with E-state index in [-0.39, 0.29) is 0 Å². The zero-order valence-electron chi connectivity index (χ0n) is 9.75. The van der Waals surface area contributed by atoms with Crippen LogP contribution in [0.4, 0.5) is 0 Å². The summed E-state index contributed by atoms with van der Waals surface area (Å²) >= 11 is 1.28. The monoisotopic (exact) mass is 278 g/mol. The second kappa shape index (κ2) is 4.21. The summed E-state index contributed by atoms with van der Waals surface area (Å²) in [4.78, 5) is 30.7. The van der Waals surface area contributed by atoms with Crippen LogP contribution in [-0.2, 0) is 14.8 Å². The van der Waals surface area contributed by atoms with Crippen LogP contribution in [-0.4, -0.2) is 26.0 Å². The molecule has 0 saturated heterocycles. The lowest BCUT2D eigenvalue weighted by Gasteiger charge is -2.40. The Hall–Kier alpha value is -0.680. The molecule has 5 nitrogen and oxygen atoms in total. The minimum absolute atomic E-state index is 0.630. The fraction of sp³-hybridized carbons (Fsp3) is 0.500. The molecule has 7 heteroatoms. The first-order chi connectivity index (χ1) is 7.55. The largest absolute Gasteiger partial charge is 0.480 e. The molecule has 0 radical (unpaired) electrons. The molecule has 0 bridgehead atoms. The van der Waals surface area contributed by atoms with Crippen LogP contribution in [0.3, 0.4) is 0 Å². The quantitative estimate of drug-likeness (QED) is 0.733. The van der Waals surface area contributed by atoms with Crippen molar-refractivity contribution < 1.29 is 24.3 Å². The highest BCUT2D eigenvalue weighted by Gasteiger charge is 2.60. The average Bonchev–Trinajstić information content (AvgIpc) is 2.66. The summed E-state index contributed by atoms with van der Waals surface area (Å²) in [6.45, 7) is 4.16. The molecule has 17 heavy (non-hydrogen) atoms. The van der Waals surface area contributed by atoms with Gasteiger partial charge in [0, 0.05) is 10.3 Å². The van der Waals surface area contributed by atoms with Crippen LogP contribution in [0.15, 0.2) is 17.5 Å². The molecule has 0 aliphatic rings. The molecule has 1 aromatic rings. The lowest BCUT2D eigenvalue weighted by atomic mass is 9.77. The van der Waals surface area contributed by atoms with E-state index in [1.54, 1.807) is 17.5 Å². The molecule has 1 unspecified atom stereocenters. The van der Waals surface area contributed by atoms with Crippen molar-refractivity contribution in [2.75, 3.05) is 0 Å². The number of hydrogen-bond donors (Lipinski definition) is 3. The second-order valence-corrected chi connectivity index (χ2v) is 7.45. The van der Waals surface area contributed by atoms with Crippen LogP contribution in [0.25, 0.3) is 0 Å². The van der Waals surface area contributed by atoms with Gasteiger partial charge in [0.05, 0.1) is 0 Å². The first-order valence-electron chi connectivity index (χ1n) is 4.88. The molecule has 1 aromatic heterocycles. The predicted molar refractivity (Wildman–Crippen MR) is 65.4 cm³/mol. The van der Waals surface area contributed by atoms with Crippen molar-refractivity contribution in [2.24, 2.45) is 0 Å². The molecule has 3 N–H and O–H groups in total. The molecule has 0 saturated carbocycles. The van der Waals surface area contributed by atoms with E-state index in [9.17, 15) is 24.3 Å². The van der Waals surface area contributed by atoms with Crippen molar-refractivity contribution in [3.8, 4) is 0 Å². The highest BCUT2D eigenvalue weighted by atomic mass is 32.1. The molecular weight excluding hydrogens is 263 g/mol. The molecule has 0 aliphatic carbocycles. The lowest BCUT2D eigenvalue weighted by Crippen LogP contribution is -2.50. The SMILES string of the molecule is CC(C)(c1cccs1)C(C)(C(=O)O)P(=O)(O)O. The van der Waals surface area contributed by atoms with Gasteiger partial charge in [0.15, 0.2) is 5.16 Å². The van der Waals surface area contributed by atoms with Gasteiger partial charge in [0.2, 0.25) is 0 Å². The molecule has 1 atom stereocenters. The van der Waals surface area contributed by atoms with Crippen LogP contribution in [0.1, 0.15) is 25.6 Å². The van der Waals surface area contributed by atoms with Crippen LogP contribution in [0, 0.1) is 0 Å². The lowest BCUT2D eigenvalue weighted by molar-refractivity contribution is -0.142. The fourth-order valence-electron chi connectivity index (χ4n) is 1.63. The summed E-state index contributed by atoms with van der Waals surface area (Å²) in [7, 11) is -4.80. The van der Waals surface area contributed by atoms with Gasteiger partial charge < -0.3 is 14.9 Å². The number of carboxylic acids is 1. The van der Waals surface area contributed by atoms with Gasteiger partial charge in [-0.15, -0.1) is 11.3 Å². The highest BCUT2D eigenvalue weighted by Crippen LogP contribution is 2.60. The molecular formula is C10H15O5PS. The number of thiophene rings is 1. The van der Waals surface area contributed by atoms with Gasteiger partial charge in [-0.3, -0.25) is 9.36 Å². The Morgan fingerprint density at radius 3 is 2.18 bits per heavy atom. The van der Waals surface area contributed by atoms with E-state index >= 15 is 0 Å². The van der Waals surface area contributed by atoms with Crippen LogP contribution < -0.4 is 0 Å². The Balaban J connectivity index is 3.45. The van der Waals surface area contributed by atoms with Crippen LogP contribution in [0.2, 0.25) is 0 Å². The van der Waals surface area contributed by atoms with Gasteiger partial charge in [0.25, 0.3) is 0 Å². The van der Waals surface area contributed by atoms with Crippen LogP contribution >= 0.6 is 18.9 Å². The van der Waals surface area contributed by atoms with Gasteiger partial charge in [-0.25, -0.2) is 0 Å². The minimum Gasteiger partial charge on any atom is -0.480 e. The van der Waals surface area contributed by atoms with E-state index in [1.165, 1.54) is 25.2 Å². The highest BCUT2D eigenvalue weighted by molar-refractivity contribution is 7.55. The maximum atomic E-state index is 11.6. The van der Waals surface area contributed by atoms with Gasteiger partial charge >= 0.3 is 13.6 Å². The fourth-order valence-corrected chi connectivity index (χ4v) is 3.76. The van der Waals surface area contributed by atoms with Crippen molar-refractivity contribution in [3.63, 3.8) is 0 Å². The van der Waals surface area contributed by atoms with Gasteiger partial charge in [-0.05, 0) is 18.4 Å². The number of hydrogen-bond acceptors (Lipinski definition) is 3. The molecule has 0 spiro atoms. The molecule has 0 aliphatic heterocycles. The summed E-state index contributed by atoms with van der Waals surface area (Å²) in [5.74, 6) is -1.50. The summed E-state index contributed by atoms with van der Waals surface area (Å²) in [6.07, 6.45) is 0. The molecule has 1 rings (SSSR count). The standard InChI is InChI=1S/C10H15O5PS/c1-9(2,7-5-4-6-17-7)10(3,8(11)12)16(13,14)15/h4-6H,1-3H3,(H,11,12)(H2,13,14,15). The van der Waals surface area contributed by atoms with Crippen molar-refractivity contribution in [3.05, 3.63) is 22.4 Å². The normalized spacial score (nSPS) is 16.5. The number of aliphatic carboxylic acids is 1. The predicted octanol–water partition coefficient (Wildman–Crippen LogP) is 2.05. The zero-order valence-corrected chi connectivity index (χ0v) is 11.5. The Morgan fingerprint density at radius 1 is 1.35 bits per heavy atom. The topological polar surface area (TPSA) is 94.8 Å². The van der Waals surface area contributed by atoms with Gasteiger partial charge in [0.1, 0.15) is 0 Å². The van der Waals surface area contributed by atoms with Crippen molar-refractivity contribution in [1.82, 2.24) is 0 Å². The Labute approximate surface area is 103 Å². The van der Waals surface area contributed by atoms with Gasteiger partial charge in [-0.2, -0.15) is 0 Å². The number of rotatable bonds is 4. The molecule has 1 heterocycles. The smallest absolute Gasteiger partial charge is 0.343 e. The molecule has 0 fully saturated rings. The van der Waals surface area contributed by atoms with Crippen LogP contribution in [0.5, 0.6) is 0 Å². The average molecular weight is 278 g/mol. The summed E-state index contributed by atoms with van der Waals surface area (Å²) < 4.78 is 11.6. The van der Waals surface area contributed by atoms with E-state index in [2.05, 4.69) is 0 Å². The summed E-state index contributed by atoms with van der Waals surface area (Å²) in [6, 6.07) is 3.41. The number of carboxylic acid groups (broad SMARTS) is 1. The van der Waals surface area contributed by atoms with Crippen molar-refractivity contribution >= 4 is 24.9 Å². The third kappa shape index (κ3) is 2.06. The second-order valence-electron chi connectivity index (χ2n) is 4.52. The molecule has 0 amide bonds. The van der Waals surface area contributed by atoms with Crippen molar-refractivity contribution in [1.29, 1.82) is 0 Å². The maximum Gasteiger partial charge on any atom is 0.343 e. The Bertz CT molecular complexity index is 461. The first kappa shape index (κ1) is 14.4. The molecule has 0 aromatic carbocycles. The molecule has 96 valence electrons. The summed E-state index contributed by atoms with van der Waals surface area (Å²) in [5, 5.41) is 8.82. The third-order valence-corrected chi connectivity index (χ3v) is 6.46. The van der Waals surface area contributed by atoms with E-state index in [0.717, 1.165) is 6.92 Å². The number of carbonyl (C=O) groups is 1. The Morgan fingerprint density at radius 2 is 1.88 bits per heavy atom. The maximum absolute atomic E-state index is 11.6. The van der Waals surface area contributed by atoms with Crippen molar-refractivity contribution in [2.45, 2.75) is 31.3 Å². The minimum atomic E-state index is -4.80. The van der Waals surface area contributed by atoms with E-state index in [0.29, 0.717) is 4.88 Å². The van der Waals surface area contributed by atoms with E-state index < -0.39 is 24.1 Å². The Kier molecular flexibility index (Phi) is 3.56. The van der Waals surface area contributed by atoms with Gasteiger partial charge in [-0.1, -0.05) is 19.9 Å². The summed E-state index contributed by atoms with van der Waals surface area (Å²) in [5.41, 5.74) is -1.16. The third-order valence-electron chi connectivity index (χ3n) is 3.35. The zero-order chi connectivity index (χ0) is 13.5. The van der Waals surface area contributed by atoms with E-state index in [4.69, 9.17) is 0 Å². The first-order valence-corrected chi connectivity index (χ1v) is 7.37. The van der Waals surface area contributed by atoms with E-state index in [1.807, 2.05) is 0 Å².